The van der Waals surface area contributed by atoms with E-state index in [4.69, 9.17) is 5.11 Å². The molecule has 82 valence electrons. The van der Waals surface area contributed by atoms with Gasteiger partial charge in [0.15, 0.2) is 0 Å². The SMILES string of the molecule is Cc1ccccc1-c1cncn1CC(=O)O. The van der Waals surface area contributed by atoms with Gasteiger partial charge in [0.2, 0.25) is 0 Å². The highest BCUT2D eigenvalue weighted by atomic mass is 16.4. The summed E-state index contributed by atoms with van der Waals surface area (Å²) in [6, 6.07) is 7.84. The van der Waals surface area contributed by atoms with Gasteiger partial charge in [-0.2, -0.15) is 0 Å². The maximum atomic E-state index is 10.7. The molecule has 0 aliphatic heterocycles. The highest BCUT2D eigenvalue weighted by molar-refractivity contribution is 5.69. The first-order valence-corrected chi connectivity index (χ1v) is 4.96. The quantitative estimate of drug-likeness (QED) is 0.853. The Bertz CT molecular complexity index is 517. The van der Waals surface area contributed by atoms with E-state index in [1.165, 1.54) is 6.33 Å². The van der Waals surface area contributed by atoms with Crippen molar-refractivity contribution in [2.75, 3.05) is 0 Å². The molecule has 0 fully saturated rings. The van der Waals surface area contributed by atoms with E-state index in [1.807, 2.05) is 31.2 Å². The van der Waals surface area contributed by atoms with Crippen molar-refractivity contribution in [1.82, 2.24) is 9.55 Å². The van der Waals surface area contributed by atoms with E-state index in [-0.39, 0.29) is 6.54 Å². The van der Waals surface area contributed by atoms with Crippen LogP contribution >= 0.6 is 0 Å². The molecular formula is C12H12N2O2. The van der Waals surface area contributed by atoms with Crippen molar-refractivity contribution in [3.63, 3.8) is 0 Å². The molecule has 0 spiro atoms. The highest BCUT2D eigenvalue weighted by Crippen LogP contribution is 2.22. The van der Waals surface area contributed by atoms with Crippen LogP contribution in [0.1, 0.15) is 5.56 Å². The van der Waals surface area contributed by atoms with Crippen LogP contribution in [-0.2, 0) is 11.3 Å². The highest BCUT2D eigenvalue weighted by Gasteiger charge is 2.09. The van der Waals surface area contributed by atoms with Gasteiger partial charge >= 0.3 is 5.97 Å². The van der Waals surface area contributed by atoms with E-state index in [2.05, 4.69) is 4.98 Å². The maximum Gasteiger partial charge on any atom is 0.323 e. The Morgan fingerprint density at radius 2 is 2.19 bits per heavy atom. The molecule has 1 N–H and O–H groups in total. The van der Waals surface area contributed by atoms with Crippen molar-refractivity contribution in [3.8, 4) is 11.3 Å². The molecule has 0 aliphatic rings. The summed E-state index contributed by atoms with van der Waals surface area (Å²) in [5.74, 6) is -0.868. The van der Waals surface area contributed by atoms with Crippen molar-refractivity contribution < 1.29 is 9.90 Å². The Hall–Kier alpha value is -2.10. The number of aryl methyl sites for hydroxylation is 1. The second-order valence-corrected chi connectivity index (χ2v) is 3.62. The molecule has 1 aromatic carbocycles. The molecule has 4 heteroatoms. The summed E-state index contributed by atoms with van der Waals surface area (Å²) < 4.78 is 1.63. The zero-order valence-corrected chi connectivity index (χ0v) is 8.92. The number of hydrogen-bond donors (Lipinski definition) is 1. The number of carbonyl (C=O) groups is 1. The first-order chi connectivity index (χ1) is 7.68. The Kier molecular flexibility index (Phi) is 2.72. The van der Waals surface area contributed by atoms with Gasteiger partial charge in [-0.25, -0.2) is 4.98 Å². The number of carboxylic acid groups (broad SMARTS) is 1. The fraction of sp³-hybridized carbons (Fsp3) is 0.167. The predicted octanol–water partition coefficient (Wildman–Crippen LogP) is 1.94. The molecule has 0 saturated heterocycles. The van der Waals surface area contributed by atoms with Crippen LogP contribution in [0.2, 0.25) is 0 Å². The lowest BCUT2D eigenvalue weighted by Gasteiger charge is -2.07. The van der Waals surface area contributed by atoms with Gasteiger partial charge in [-0.1, -0.05) is 24.3 Å². The van der Waals surface area contributed by atoms with Crippen LogP contribution in [-0.4, -0.2) is 20.6 Å². The minimum atomic E-state index is -0.868. The average Bonchev–Trinajstić information content (AvgIpc) is 2.66. The van der Waals surface area contributed by atoms with E-state index in [1.54, 1.807) is 10.8 Å². The van der Waals surface area contributed by atoms with Crippen molar-refractivity contribution in [3.05, 3.63) is 42.4 Å². The normalized spacial score (nSPS) is 10.3. The fourth-order valence-corrected chi connectivity index (χ4v) is 1.68. The molecule has 16 heavy (non-hydrogen) atoms. The fourth-order valence-electron chi connectivity index (χ4n) is 1.68. The van der Waals surface area contributed by atoms with Gasteiger partial charge in [0.1, 0.15) is 6.54 Å². The van der Waals surface area contributed by atoms with Crippen LogP contribution in [0.15, 0.2) is 36.8 Å². The van der Waals surface area contributed by atoms with Crippen LogP contribution in [0.25, 0.3) is 11.3 Å². The minimum absolute atomic E-state index is 0.0658. The number of hydrogen-bond acceptors (Lipinski definition) is 2. The van der Waals surface area contributed by atoms with Crippen molar-refractivity contribution >= 4 is 5.97 Å². The number of nitrogens with zero attached hydrogens (tertiary/aromatic N) is 2. The number of rotatable bonds is 3. The average molecular weight is 216 g/mol. The summed E-state index contributed by atoms with van der Waals surface area (Å²) in [5, 5.41) is 8.78. The summed E-state index contributed by atoms with van der Waals surface area (Å²) in [6.07, 6.45) is 3.22. The summed E-state index contributed by atoms with van der Waals surface area (Å²) in [5.41, 5.74) is 2.95. The first-order valence-electron chi connectivity index (χ1n) is 4.96. The van der Waals surface area contributed by atoms with Crippen molar-refractivity contribution in [2.24, 2.45) is 0 Å². The topological polar surface area (TPSA) is 55.1 Å². The van der Waals surface area contributed by atoms with Crippen LogP contribution < -0.4 is 0 Å². The summed E-state index contributed by atoms with van der Waals surface area (Å²) >= 11 is 0. The third kappa shape index (κ3) is 1.95. The predicted molar refractivity (Wildman–Crippen MR) is 60.0 cm³/mol. The van der Waals surface area contributed by atoms with Gasteiger partial charge in [0.05, 0.1) is 18.2 Å². The third-order valence-electron chi connectivity index (χ3n) is 2.44. The zero-order valence-electron chi connectivity index (χ0n) is 8.92. The van der Waals surface area contributed by atoms with Gasteiger partial charge < -0.3 is 9.67 Å². The number of imidazole rings is 1. The van der Waals surface area contributed by atoms with Gasteiger partial charge in [-0.05, 0) is 12.5 Å². The molecule has 4 nitrogen and oxygen atoms in total. The largest absolute Gasteiger partial charge is 0.480 e. The molecule has 2 rings (SSSR count). The molecule has 1 aromatic heterocycles. The third-order valence-corrected chi connectivity index (χ3v) is 2.44. The van der Waals surface area contributed by atoms with Crippen LogP contribution in [0.3, 0.4) is 0 Å². The standard InChI is InChI=1S/C12H12N2O2/c1-9-4-2-3-5-10(9)11-6-13-8-14(11)7-12(15)16/h2-6,8H,7H2,1H3,(H,15,16). The number of carboxylic acids is 1. The molecule has 0 aliphatic carbocycles. The Morgan fingerprint density at radius 1 is 1.44 bits per heavy atom. The molecule has 1 heterocycles. The van der Waals surface area contributed by atoms with E-state index >= 15 is 0 Å². The Balaban J connectivity index is 2.45. The van der Waals surface area contributed by atoms with E-state index in [0.29, 0.717) is 0 Å². The summed E-state index contributed by atoms with van der Waals surface area (Å²) in [7, 11) is 0. The second-order valence-electron chi connectivity index (χ2n) is 3.62. The lowest BCUT2D eigenvalue weighted by Crippen LogP contribution is -2.08. The summed E-state index contributed by atoms with van der Waals surface area (Å²) in [6.45, 7) is 1.93. The number of aliphatic carboxylic acids is 1. The molecule has 0 atom stereocenters. The Morgan fingerprint density at radius 3 is 2.88 bits per heavy atom. The number of benzene rings is 1. The summed E-state index contributed by atoms with van der Waals surface area (Å²) in [4.78, 5) is 14.7. The smallest absolute Gasteiger partial charge is 0.323 e. The molecule has 0 bridgehead atoms. The van der Waals surface area contributed by atoms with Gasteiger partial charge in [-0.3, -0.25) is 4.79 Å². The van der Waals surface area contributed by atoms with Crippen molar-refractivity contribution in [1.29, 1.82) is 0 Å². The van der Waals surface area contributed by atoms with Gasteiger partial charge in [0.25, 0.3) is 0 Å². The van der Waals surface area contributed by atoms with Crippen LogP contribution in [0, 0.1) is 6.92 Å². The molecule has 0 saturated carbocycles. The van der Waals surface area contributed by atoms with E-state index < -0.39 is 5.97 Å². The minimum Gasteiger partial charge on any atom is -0.480 e. The van der Waals surface area contributed by atoms with Gasteiger partial charge in [-0.15, -0.1) is 0 Å². The lowest BCUT2D eigenvalue weighted by molar-refractivity contribution is -0.137. The molecule has 0 unspecified atom stereocenters. The first kappa shape index (κ1) is 10.4. The molecule has 0 radical (unpaired) electrons. The van der Waals surface area contributed by atoms with Gasteiger partial charge in [0, 0.05) is 5.56 Å². The maximum absolute atomic E-state index is 10.7. The number of aromatic nitrogens is 2. The zero-order chi connectivity index (χ0) is 11.5. The lowest BCUT2D eigenvalue weighted by atomic mass is 10.1. The second kappa shape index (κ2) is 4.18. The van der Waals surface area contributed by atoms with E-state index in [9.17, 15) is 4.79 Å². The molecule has 2 aromatic rings. The van der Waals surface area contributed by atoms with Crippen LogP contribution in [0.4, 0.5) is 0 Å². The van der Waals surface area contributed by atoms with Crippen molar-refractivity contribution in [2.45, 2.75) is 13.5 Å². The Labute approximate surface area is 93.2 Å². The van der Waals surface area contributed by atoms with Crippen LogP contribution in [0.5, 0.6) is 0 Å². The molecular weight excluding hydrogens is 204 g/mol. The monoisotopic (exact) mass is 216 g/mol. The molecule has 0 amide bonds. The van der Waals surface area contributed by atoms with E-state index in [0.717, 1.165) is 16.8 Å².